The summed E-state index contributed by atoms with van der Waals surface area (Å²) in [6.45, 7) is 0.745. The van der Waals surface area contributed by atoms with Crippen LogP contribution >= 0.6 is 0 Å². The second kappa shape index (κ2) is 7.44. The van der Waals surface area contributed by atoms with Gasteiger partial charge in [-0.05, 0) is 25.7 Å². The highest BCUT2D eigenvalue weighted by atomic mass is 16.2. The minimum Gasteiger partial charge on any atom is -0.353 e. The van der Waals surface area contributed by atoms with Gasteiger partial charge in [0.15, 0.2) is 0 Å². The largest absolute Gasteiger partial charge is 0.353 e. The Morgan fingerprint density at radius 1 is 1.24 bits per heavy atom. The summed E-state index contributed by atoms with van der Waals surface area (Å²) in [4.78, 5) is 22.3. The second-order valence-electron chi connectivity index (χ2n) is 3.99. The zero-order valence-corrected chi connectivity index (χ0v) is 9.79. The van der Waals surface area contributed by atoms with Crippen LogP contribution in [0.25, 0.3) is 0 Å². The first-order chi connectivity index (χ1) is 8.22. The molecule has 0 aromatic rings. The van der Waals surface area contributed by atoms with Crippen LogP contribution in [0.1, 0.15) is 32.1 Å². The average molecular weight is 235 g/mol. The van der Waals surface area contributed by atoms with E-state index in [0.717, 1.165) is 12.8 Å². The number of nitrogens with zero attached hydrogens (tertiary/aromatic N) is 1. The molecule has 0 bridgehead atoms. The van der Waals surface area contributed by atoms with Crippen LogP contribution < -0.4 is 10.6 Å². The molecule has 0 unspecified atom stereocenters. The molecule has 0 spiro atoms. The molecule has 0 aromatic carbocycles. The first-order valence-electron chi connectivity index (χ1n) is 5.83. The SMILES string of the molecule is N#CCC(=O)NCCNC(=O)C=C1CCCC1. The van der Waals surface area contributed by atoms with Crippen molar-refractivity contribution in [2.75, 3.05) is 13.1 Å². The lowest BCUT2D eigenvalue weighted by Crippen LogP contribution is -2.33. The molecule has 0 aromatic heterocycles. The van der Waals surface area contributed by atoms with E-state index in [-0.39, 0.29) is 18.2 Å². The molecule has 5 heteroatoms. The fourth-order valence-corrected chi connectivity index (χ4v) is 1.73. The normalized spacial score (nSPS) is 13.9. The van der Waals surface area contributed by atoms with Crippen LogP contribution in [0.2, 0.25) is 0 Å². The second-order valence-corrected chi connectivity index (χ2v) is 3.99. The van der Waals surface area contributed by atoms with E-state index in [1.54, 1.807) is 12.1 Å². The van der Waals surface area contributed by atoms with Crippen LogP contribution in [-0.2, 0) is 9.59 Å². The quantitative estimate of drug-likeness (QED) is 0.541. The number of nitriles is 1. The van der Waals surface area contributed by atoms with Gasteiger partial charge in [0.05, 0.1) is 6.07 Å². The average Bonchev–Trinajstić information content (AvgIpc) is 2.77. The van der Waals surface area contributed by atoms with E-state index in [2.05, 4.69) is 10.6 Å². The first kappa shape index (κ1) is 13.2. The topological polar surface area (TPSA) is 82.0 Å². The Morgan fingerprint density at radius 2 is 1.88 bits per heavy atom. The Balaban J connectivity index is 2.10. The molecule has 0 heterocycles. The molecule has 17 heavy (non-hydrogen) atoms. The summed E-state index contributed by atoms with van der Waals surface area (Å²) >= 11 is 0. The molecule has 5 nitrogen and oxygen atoms in total. The molecule has 0 aliphatic heterocycles. The minimum absolute atomic E-state index is 0.101. The van der Waals surface area contributed by atoms with E-state index in [1.807, 2.05) is 0 Å². The first-order valence-corrected chi connectivity index (χ1v) is 5.83. The highest BCUT2D eigenvalue weighted by Gasteiger charge is 2.08. The summed E-state index contributed by atoms with van der Waals surface area (Å²) < 4.78 is 0. The molecule has 1 rings (SSSR count). The van der Waals surface area contributed by atoms with E-state index >= 15 is 0 Å². The lowest BCUT2D eigenvalue weighted by molar-refractivity contribution is -0.120. The van der Waals surface area contributed by atoms with E-state index in [4.69, 9.17) is 5.26 Å². The van der Waals surface area contributed by atoms with Crippen LogP contribution in [0.3, 0.4) is 0 Å². The van der Waals surface area contributed by atoms with Crippen LogP contribution in [-0.4, -0.2) is 24.9 Å². The number of carbonyl (C=O) groups excluding carboxylic acids is 2. The molecule has 0 atom stereocenters. The van der Waals surface area contributed by atoms with E-state index in [9.17, 15) is 9.59 Å². The van der Waals surface area contributed by atoms with Gasteiger partial charge in [0.2, 0.25) is 11.8 Å². The molecule has 1 fully saturated rings. The standard InChI is InChI=1S/C12H17N3O2/c13-6-5-11(16)14-7-8-15-12(17)9-10-3-1-2-4-10/h9H,1-5,7-8H2,(H,14,16)(H,15,17). The Morgan fingerprint density at radius 3 is 2.53 bits per heavy atom. The molecular formula is C12H17N3O2. The van der Waals surface area contributed by atoms with E-state index < -0.39 is 0 Å². The molecule has 0 saturated heterocycles. The maximum absolute atomic E-state index is 11.4. The van der Waals surface area contributed by atoms with Crippen molar-refractivity contribution in [3.8, 4) is 6.07 Å². The van der Waals surface area contributed by atoms with Gasteiger partial charge in [0.1, 0.15) is 6.42 Å². The van der Waals surface area contributed by atoms with Gasteiger partial charge in [-0.3, -0.25) is 9.59 Å². The highest BCUT2D eigenvalue weighted by Crippen LogP contribution is 2.23. The lowest BCUT2D eigenvalue weighted by atomic mass is 10.2. The van der Waals surface area contributed by atoms with Crippen molar-refractivity contribution < 1.29 is 9.59 Å². The molecular weight excluding hydrogens is 218 g/mol. The summed E-state index contributed by atoms with van der Waals surface area (Å²) in [5, 5.41) is 13.5. The maximum atomic E-state index is 11.4. The predicted molar refractivity (Wildman–Crippen MR) is 62.8 cm³/mol. The minimum atomic E-state index is -0.309. The highest BCUT2D eigenvalue weighted by molar-refractivity contribution is 5.88. The Kier molecular flexibility index (Phi) is 5.80. The van der Waals surface area contributed by atoms with Gasteiger partial charge in [0, 0.05) is 19.2 Å². The molecule has 0 radical (unpaired) electrons. The van der Waals surface area contributed by atoms with Crippen LogP contribution in [0.15, 0.2) is 11.6 Å². The van der Waals surface area contributed by atoms with Gasteiger partial charge in [-0.1, -0.05) is 5.57 Å². The molecule has 92 valence electrons. The Labute approximate surface area is 101 Å². The monoisotopic (exact) mass is 235 g/mol. The van der Waals surface area contributed by atoms with Crippen molar-refractivity contribution in [1.82, 2.24) is 10.6 Å². The van der Waals surface area contributed by atoms with Gasteiger partial charge in [-0.2, -0.15) is 5.26 Å². The molecule has 2 N–H and O–H groups in total. The van der Waals surface area contributed by atoms with Gasteiger partial charge in [-0.25, -0.2) is 0 Å². The van der Waals surface area contributed by atoms with Crippen LogP contribution in [0, 0.1) is 11.3 Å². The predicted octanol–water partition coefficient (Wildman–Crippen LogP) is 0.633. The number of rotatable bonds is 5. The molecule has 1 aliphatic rings. The number of hydrogen-bond donors (Lipinski definition) is 2. The summed E-state index contributed by atoms with van der Waals surface area (Å²) in [6.07, 6.45) is 5.90. The van der Waals surface area contributed by atoms with E-state index in [1.165, 1.54) is 18.4 Å². The zero-order valence-electron chi connectivity index (χ0n) is 9.79. The fourth-order valence-electron chi connectivity index (χ4n) is 1.73. The fraction of sp³-hybridized carbons (Fsp3) is 0.583. The number of carbonyl (C=O) groups is 2. The zero-order chi connectivity index (χ0) is 12.5. The summed E-state index contributed by atoms with van der Waals surface area (Å²) in [5.41, 5.74) is 1.20. The van der Waals surface area contributed by atoms with Crippen LogP contribution in [0.5, 0.6) is 0 Å². The van der Waals surface area contributed by atoms with Gasteiger partial charge in [-0.15, -0.1) is 0 Å². The van der Waals surface area contributed by atoms with Crippen LogP contribution in [0.4, 0.5) is 0 Å². The van der Waals surface area contributed by atoms with Crippen molar-refractivity contribution in [2.24, 2.45) is 0 Å². The van der Waals surface area contributed by atoms with Gasteiger partial charge >= 0.3 is 0 Å². The van der Waals surface area contributed by atoms with Crippen molar-refractivity contribution in [3.63, 3.8) is 0 Å². The molecule has 2 amide bonds. The van der Waals surface area contributed by atoms with Crippen molar-refractivity contribution >= 4 is 11.8 Å². The van der Waals surface area contributed by atoms with Gasteiger partial charge < -0.3 is 10.6 Å². The Hall–Kier alpha value is -1.83. The summed E-state index contributed by atoms with van der Waals surface area (Å²) in [6, 6.07) is 1.76. The number of amides is 2. The number of nitrogens with one attached hydrogen (secondary N) is 2. The third kappa shape index (κ3) is 5.71. The third-order valence-electron chi connectivity index (χ3n) is 2.57. The summed E-state index contributed by atoms with van der Waals surface area (Å²) in [7, 11) is 0. The maximum Gasteiger partial charge on any atom is 0.243 e. The van der Waals surface area contributed by atoms with Crippen molar-refractivity contribution in [1.29, 1.82) is 5.26 Å². The van der Waals surface area contributed by atoms with E-state index in [0.29, 0.717) is 13.1 Å². The molecule has 1 aliphatic carbocycles. The smallest absolute Gasteiger partial charge is 0.243 e. The number of allylic oxidation sites excluding steroid dienone is 1. The summed E-state index contributed by atoms with van der Waals surface area (Å²) in [5.74, 6) is -0.410. The van der Waals surface area contributed by atoms with Gasteiger partial charge in [0.25, 0.3) is 0 Å². The third-order valence-corrected chi connectivity index (χ3v) is 2.57. The Bertz CT molecular complexity index is 347. The molecule has 1 saturated carbocycles. The number of hydrogen-bond acceptors (Lipinski definition) is 3. The van der Waals surface area contributed by atoms with Crippen molar-refractivity contribution in [3.05, 3.63) is 11.6 Å². The lowest BCUT2D eigenvalue weighted by Gasteiger charge is -2.04. The van der Waals surface area contributed by atoms with Crippen molar-refractivity contribution in [2.45, 2.75) is 32.1 Å².